The quantitative estimate of drug-likeness (QED) is 0.446. The number of nitrogen functional groups attached to an aromatic ring is 1. The number of nitrogens with zero attached hydrogens (tertiary/aromatic N) is 1. The van der Waals surface area contributed by atoms with Gasteiger partial charge >= 0.3 is 0 Å². The minimum absolute atomic E-state index is 0.0818. The van der Waals surface area contributed by atoms with Gasteiger partial charge in [-0.2, -0.15) is 0 Å². The minimum atomic E-state index is 0.0818. The van der Waals surface area contributed by atoms with Crippen LogP contribution in [0.1, 0.15) is 16.7 Å². The maximum atomic E-state index is 9.02. The number of anilines is 1. The second-order valence-corrected chi connectivity index (χ2v) is 4.81. The number of amidine groups is 1. The van der Waals surface area contributed by atoms with E-state index >= 15 is 0 Å². The predicted molar refractivity (Wildman–Crippen MR) is 87.4 cm³/mol. The molecule has 2 aromatic rings. The second-order valence-electron chi connectivity index (χ2n) is 4.81. The summed E-state index contributed by atoms with van der Waals surface area (Å²) in [6.07, 6.45) is 0.886. The Labute approximate surface area is 125 Å². The molecule has 0 radical (unpaired) electrons. The summed E-state index contributed by atoms with van der Waals surface area (Å²) in [5.41, 5.74) is 9.76. The van der Waals surface area contributed by atoms with Gasteiger partial charge in [0.2, 0.25) is 0 Å². The fourth-order valence-corrected chi connectivity index (χ4v) is 2.14. The molecule has 0 aliphatic carbocycles. The fourth-order valence-electron chi connectivity index (χ4n) is 2.14. The van der Waals surface area contributed by atoms with Crippen LogP contribution in [0.3, 0.4) is 0 Å². The number of hydrogen-bond acceptors (Lipinski definition) is 3. The van der Waals surface area contributed by atoms with Crippen molar-refractivity contribution in [2.75, 3.05) is 19.3 Å². The van der Waals surface area contributed by atoms with Crippen LogP contribution in [0.25, 0.3) is 0 Å². The van der Waals surface area contributed by atoms with E-state index in [0.29, 0.717) is 0 Å². The lowest BCUT2D eigenvalue weighted by Crippen LogP contribution is -2.27. The Bertz CT molecular complexity index is 606. The molecule has 0 spiro atoms. The monoisotopic (exact) mass is 283 g/mol. The van der Waals surface area contributed by atoms with Gasteiger partial charge in [-0.3, -0.25) is 4.99 Å². The largest absolute Gasteiger partial charge is 0.398 e. The summed E-state index contributed by atoms with van der Waals surface area (Å²) in [5.74, 6) is 0.806. The third kappa shape index (κ3) is 4.07. The smallest absolute Gasteiger partial charge is 0.130 e. The van der Waals surface area contributed by atoms with Gasteiger partial charge in [0.1, 0.15) is 5.84 Å². The summed E-state index contributed by atoms with van der Waals surface area (Å²) in [6.45, 7) is 0.859. The molecule has 0 amide bonds. The Hall–Kier alpha value is -2.33. The SMILES string of the molecule is CN=C(NCCc1ccc(CO)cc1)c1ccccc1N. The molecule has 0 unspecified atom stereocenters. The Kier molecular flexibility index (Phi) is 5.35. The zero-order valence-corrected chi connectivity index (χ0v) is 12.2. The van der Waals surface area contributed by atoms with E-state index in [0.717, 1.165) is 35.6 Å². The molecule has 4 N–H and O–H groups in total. The average molecular weight is 283 g/mol. The van der Waals surface area contributed by atoms with Crippen molar-refractivity contribution in [3.63, 3.8) is 0 Å². The first kappa shape index (κ1) is 15.1. The van der Waals surface area contributed by atoms with Gasteiger partial charge in [-0.05, 0) is 29.7 Å². The van der Waals surface area contributed by atoms with Crippen LogP contribution in [0.15, 0.2) is 53.5 Å². The molecule has 21 heavy (non-hydrogen) atoms. The molecule has 0 bridgehead atoms. The zero-order valence-electron chi connectivity index (χ0n) is 12.2. The first-order chi connectivity index (χ1) is 10.2. The predicted octanol–water partition coefficient (Wildman–Crippen LogP) is 1.97. The van der Waals surface area contributed by atoms with Crippen molar-refractivity contribution in [3.05, 3.63) is 65.2 Å². The third-order valence-corrected chi connectivity index (χ3v) is 3.35. The van der Waals surface area contributed by atoms with Crippen LogP contribution in [0.5, 0.6) is 0 Å². The second kappa shape index (κ2) is 7.45. The van der Waals surface area contributed by atoms with Gasteiger partial charge in [-0.1, -0.05) is 36.4 Å². The van der Waals surface area contributed by atoms with Gasteiger partial charge < -0.3 is 16.2 Å². The van der Waals surface area contributed by atoms with Crippen LogP contribution >= 0.6 is 0 Å². The molecule has 2 rings (SSSR count). The molecule has 0 aromatic heterocycles. The van der Waals surface area contributed by atoms with Gasteiger partial charge in [0.25, 0.3) is 0 Å². The molecule has 2 aromatic carbocycles. The van der Waals surface area contributed by atoms with Crippen LogP contribution < -0.4 is 11.1 Å². The number of benzene rings is 2. The topological polar surface area (TPSA) is 70.6 Å². The maximum absolute atomic E-state index is 9.02. The Morgan fingerprint density at radius 1 is 1.10 bits per heavy atom. The molecule has 0 saturated carbocycles. The standard InChI is InChI=1S/C17H21N3O/c1-19-17(15-4-2-3-5-16(15)18)20-11-10-13-6-8-14(12-21)9-7-13/h2-9,21H,10-12,18H2,1H3,(H,19,20). The van der Waals surface area contributed by atoms with Gasteiger partial charge in [0, 0.05) is 24.8 Å². The van der Waals surface area contributed by atoms with Crippen molar-refractivity contribution >= 4 is 11.5 Å². The van der Waals surface area contributed by atoms with E-state index in [9.17, 15) is 0 Å². The first-order valence-corrected chi connectivity index (χ1v) is 6.99. The normalized spacial score (nSPS) is 11.4. The molecule has 0 saturated heterocycles. The van der Waals surface area contributed by atoms with Crippen LogP contribution in [-0.2, 0) is 13.0 Å². The highest BCUT2D eigenvalue weighted by molar-refractivity contribution is 6.02. The van der Waals surface area contributed by atoms with E-state index in [1.807, 2.05) is 48.5 Å². The summed E-state index contributed by atoms with van der Waals surface area (Å²) in [4.78, 5) is 4.27. The van der Waals surface area contributed by atoms with E-state index in [4.69, 9.17) is 10.8 Å². The van der Waals surface area contributed by atoms with Gasteiger partial charge in [-0.25, -0.2) is 0 Å². The van der Waals surface area contributed by atoms with Crippen molar-refractivity contribution < 1.29 is 5.11 Å². The fraction of sp³-hybridized carbons (Fsp3) is 0.235. The van der Waals surface area contributed by atoms with Crippen LogP contribution in [-0.4, -0.2) is 24.5 Å². The maximum Gasteiger partial charge on any atom is 0.130 e. The number of nitrogens with one attached hydrogen (secondary N) is 1. The number of aliphatic imine (C=N–C) groups is 1. The van der Waals surface area contributed by atoms with Crippen molar-refractivity contribution in [1.82, 2.24) is 5.32 Å². The van der Waals surface area contributed by atoms with E-state index < -0.39 is 0 Å². The minimum Gasteiger partial charge on any atom is -0.398 e. The highest BCUT2D eigenvalue weighted by Gasteiger charge is 2.05. The van der Waals surface area contributed by atoms with E-state index in [-0.39, 0.29) is 6.61 Å². The lowest BCUT2D eigenvalue weighted by molar-refractivity contribution is 0.282. The number of hydrogen-bond donors (Lipinski definition) is 3. The number of aliphatic hydroxyl groups excluding tert-OH is 1. The summed E-state index contributed by atoms with van der Waals surface area (Å²) in [6, 6.07) is 15.6. The summed E-state index contributed by atoms with van der Waals surface area (Å²) in [5, 5.41) is 12.3. The summed E-state index contributed by atoms with van der Waals surface area (Å²) < 4.78 is 0. The number of nitrogens with two attached hydrogens (primary N) is 1. The van der Waals surface area contributed by atoms with Gasteiger partial charge in [0.15, 0.2) is 0 Å². The van der Waals surface area contributed by atoms with Crippen molar-refractivity contribution in [1.29, 1.82) is 0 Å². The van der Waals surface area contributed by atoms with Gasteiger partial charge in [-0.15, -0.1) is 0 Å². The summed E-state index contributed by atoms with van der Waals surface area (Å²) >= 11 is 0. The molecular formula is C17H21N3O. The molecule has 4 nitrogen and oxygen atoms in total. The lowest BCUT2D eigenvalue weighted by atomic mass is 10.1. The van der Waals surface area contributed by atoms with Crippen molar-refractivity contribution in [3.8, 4) is 0 Å². The lowest BCUT2D eigenvalue weighted by Gasteiger charge is -2.11. The highest BCUT2D eigenvalue weighted by atomic mass is 16.3. The average Bonchev–Trinajstić information content (AvgIpc) is 2.53. The van der Waals surface area contributed by atoms with E-state index in [1.165, 1.54) is 5.56 Å². The molecule has 0 aliphatic heterocycles. The van der Waals surface area contributed by atoms with Crippen molar-refractivity contribution in [2.24, 2.45) is 4.99 Å². The molecular weight excluding hydrogens is 262 g/mol. The van der Waals surface area contributed by atoms with Crippen LogP contribution in [0.4, 0.5) is 5.69 Å². The molecule has 0 heterocycles. The molecule has 0 fully saturated rings. The molecule has 4 heteroatoms. The summed E-state index contributed by atoms with van der Waals surface area (Å²) in [7, 11) is 1.75. The highest BCUT2D eigenvalue weighted by Crippen LogP contribution is 2.11. The van der Waals surface area contributed by atoms with E-state index in [2.05, 4.69) is 10.3 Å². The molecule has 110 valence electrons. The Morgan fingerprint density at radius 2 is 1.76 bits per heavy atom. The number of rotatable bonds is 5. The third-order valence-electron chi connectivity index (χ3n) is 3.35. The molecule has 0 aliphatic rings. The molecule has 0 atom stereocenters. The van der Waals surface area contributed by atoms with Crippen molar-refractivity contribution in [2.45, 2.75) is 13.0 Å². The van der Waals surface area contributed by atoms with Crippen LogP contribution in [0.2, 0.25) is 0 Å². The Balaban J connectivity index is 1.93. The van der Waals surface area contributed by atoms with Gasteiger partial charge in [0.05, 0.1) is 6.61 Å². The zero-order chi connectivity index (χ0) is 15.1. The van der Waals surface area contributed by atoms with E-state index in [1.54, 1.807) is 7.05 Å². The Morgan fingerprint density at radius 3 is 2.38 bits per heavy atom. The first-order valence-electron chi connectivity index (χ1n) is 6.99. The number of para-hydroxylation sites is 1. The van der Waals surface area contributed by atoms with Crippen LogP contribution in [0, 0.1) is 0 Å². The number of aliphatic hydroxyl groups is 1.